The third-order valence-electron chi connectivity index (χ3n) is 5.73. The minimum atomic E-state index is -1.31. The number of guanidine groups is 1. The number of carbonyl (C=O) groups is 4. The Morgan fingerprint density at radius 3 is 1.95 bits per heavy atom. The number of phenols is 1. The molecule has 3 amide bonds. The number of rotatable bonds is 16. The summed E-state index contributed by atoms with van der Waals surface area (Å²) in [6, 6.07) is 1.05. The smallest absolute Gasteiger partial charge is 0.326 e. The van der Waals surface area contributed by atoms with Crippen LogP contribution in [0, 0.1) is 5.92 Å². The SMILES string of the molecule is CC(C)CC(NC(=O)C(CCCN=C(N)N)NC(=O)C(Cc1ccc(O)cc1)NC(=O)C(N)C(C)O)C(=O)O. The topological polar surface area (TPSA) is 255 Å². The number of carboxylic acids is 1. The molecule has 14 nitrogen and oxygen atoms in total. The van der Waals surface area contributed by atoms with E-state index in [1.165, 1.54) is 19.1 Å². The summed E-state index contributed by atoms with van der Waals surface area (Å²) in [6.07, 6.45) is -0.704. The van der Waals surface area contributed by atoms with Crippen molar-refractivity contribution >= 4 is 29.7 Å². The monoisotopic (exact) mass is 551 g/mol. The van der Waals surface area contributed by atoms with Crippen molar-refractivity contribution < 1.29 is 34.5 Å². The minimum absolute atomic E-state index is 0.00630. The Morgan fingerprint density at radius 2 is 1.44 bits per heavy atom. The first-order valence-electron chi connectivity index (χ1n) is 12.6. The third kappa shape index (κ3) is 12.5. The van der Waals surface area contributed by atoms with Gasteiger partial charge in [0.05, 0.1) is 6.10 Å². The number of nitrogens with zero attached hydrogens (tertiary/aromatic N) is 1. The van der Waals surface area contributed by atoms with Gasteiger partial charge in [-0.05, 0) is 49.8 Å². The van der Waals surface area contributed by atoms with E-state index in [4.69, 9.17) is 17.2 Å². The number of aliphatic carboxylic acids is 1. The molecule has 0 spiro atoms. The molecule has 1 rings (SSSR count). The molecule has 0 aliphatic heterocycles. The molecule has 0 aromatic heterocycles. The average molecular weight is 552 g/mol. The molecule has 1 aromatic rings. The van der Waals surface area contributed by atoms with E-state index in [0.717, 1.165) is 0 Å². The molecule has 0 radical (unpaired) electrons. The van der Waals surface area contributed by atoms with E-state index in [1.807, 2.05) is 13.8 Å². The van der Waals surface area contributed by atoms with Crippen molar-refractivity contribution in [3.8, 4) is 5.75 Å². The number of nitrogens with two attached hydrogens (primary N) is 3. The second-order valence-electron chi connectivity index (χ2n) is 9.74. The van der Waals surface area contributed by atoms with Crippen molar-refractivity contribution in [2.45, 2.75) is 76.7 Å². The molecule has 0 aliphatic rings. The maximum absolute atomic E-state index is 13.4. The van der Waals surface area contributed by atoms with Crippen molar-refractivity contribution in [3.63, 3.8) is 0 Å². The van der Waals surface area contributed by atoms with Crippen molar-refractivity contribution in [1.82, 2.24) is 16.0 Å². The molecule has 5 unspecified atom stereocenters. The van der Waals surface area contributed by atoms with Crippen LogP contribution in [0.4, 0.5) is 0 Å². The molecule has 218 valence electrons. The number of hydrogen-bond acceptors (Lipinski definition) is 8. The van der Waals surface area contributed by atoms with Gasteiger partial charge in [-0.2, -0.15) is 0 Å². The van der Waals surface area contributed by atoms with Crippen molar-refractivity contribution in [2.24, 2.45) is 28.1 Å². The van der Waals surface area contributed by atoms with Gasteiger partial charge >= 0.3 is 5.97 Å². The number of aliphatic hydroxyl groups is 1. The number of nitrogens with one attached hydrogen (secondary N) is 3. The van der Waals surface area contributed by atoms with Gasteiger partial charge in [0.2, 0.25) is 17.7 Å². The number of carboxylic acid groups (broad SMARTS) is 1. The molecule has 0 aliphatic carbocycles. The van der Waals surface area contributed by atoms with Crippen LogP contribution in [0.2, 0.25) is 0 Å². The van der Waals surface area contributed by atoms with E-state index < -0.39 is 54.0 Å². The summed E-state index contributed by atoms with van der Waals surface area (Å²) < 4.78 is 0. The molecule has 5 atom stereocenters. The Morgan fingerprint density at radius 1 is 0.897 bits per heavy atom. The Bertz CT molecular complexity index is 995. The lowest BCUT2D eigenvalue weighted by Crippen LogP contribution is -2.58. The van der Waals surface area contributed by atoms with Crippen LogP contribution in [-0.4, -0.2) is 81.8 Å². The van der Waals surface area contributed by atoms with Crippen LogP contribution in [0.15, 0.2) is 29.3 Å². The first kappa shape index (κ1) is 33.1. The summed E-state index contributed by atoms with van der Waals surface area (Å²) in [5.41, 5.74) is 17.0. The van der Waals surface area contributed by atoms with Crippen LogP contribution >= 0.6 is 0 Å². The van der Waals surface area contributed by atoms with Gasteiger partial charge in [0, 0.05) is 13.0 Å². The van der Waals surface area contributed by atoms with E-state index in [2.05, 4.69) is 20.9 Å². The molecule has 0 saturated heterocycles. The Hall–Kier alpha value is -3.91. The number of carbonyl (C=O) groups excluding carboxylic acids is 3. The summed E-state index contributed by atoms with van der Waals surface area (Å²) in [6.45, 7) is 5.11. The van der Waals surface area contributed by atoms with Crippen LogP contribution < -0.4 is 33.2 Å². The second kappa shape index (κ2) is 16.1. The number of amides is 3. The lowest BCUT2D eigenvalue weighted by Gasteiger charge is -2.26. The molecular formula is C25H41N7O7. The summed E-state index contributed by atoms with van der Waals surface area (Å²) in [4.78, 5) is 54.6. The standard InChI is InChI=1S/C25H41N7O7/c1-13(2)11-19(24(38)39)32-21(35)17(5-4-10-29-25(27)28)30-22(36)18(31-23(37)20(26)14(3)33)12-15-6-8-16(34)9-7-15/h6-9,13-14,17-20,33-34H,4-5,10-12,26H2,1-3H3,(H,30,36)(H,31,37)(H,32,35)(H,38,39)(H4,27,28,29). The predicted molar refractivity (Wildman–Crippen MR) is 144 cm³/mol. The summed E-state index contributed by atoms with van der Waals surface area (Å²) in [5.74, 6) is -3.64. The molecule has 0 saturated carbocycles. The zero-order valence-electron chi connectivity index (χ0n) is 22.5. The highest BCUT2D eigenvalue weighted by molar-refractivity contribution is 5.94. The number of benzene rings is 1. The number of aliphatic hydroxyl groups excluding tert-OH is 1. The highest BCUT2D eigenvalue weighted by atomic mass is 16.4. The second-order valence-corrected chi connectivity index (χ2v) is 9.74. The highest BCUT2D eigenvalue weighted by Gasteiger charge is 2.31. The van der Waals surface area contributed by atoms with Gasteiger partial charge in [-0.15, -0.1) is 0 Å². The fourth-order valence-electron chi connectivity index (χ4n) is 3.57. The summed E-state index contributed by atoms with van der Waals surface area (Å²) >= 11 is 0. The van der Waals surface area contributed by atoms with Gasteiger partial charge in [0.25, 0.3) is 0 Å². The molecule has 12 N–H and O–H groups in total. The number of aliphatic imine (C=N–C) groups is 1. The summed E-state index contributed by atoms with van der Waals surface area (Å²) in [5, 5.41) is 36.3. The van der Waals surface area contributed by atoms with Gasteiger partial charge in [-0.25, -0.2) is 4.79 Å². The van der Waals surface area contributed by atoms with Gasteiger partial charge < -0.3 is 48.5 Å². The highest BCUT2D eigenvalue weighted by Crippen LogP contribution is 2.13. The van der Waals surface area contributed by atoms with Gasteiger partial charge in [0.1, 0.15) is 29.9 Å². The van der Waals surface area contributed by atoms with Gasteiger partial charge in [0.15, 0.2) is 5.96 Å². The molecule has 39 heavy (non-hydrogen) atoms. The lowest BCUT2D eigenvalue weighted by atomic mass is 10.0. The Balaban J connectivity index is 3.19. The largest absolute Gasteiger partial charge is 0.508 e. The van der Waals surface area contributed by atoms with Crippen molar-refractivity contribution in [1.29, 1.82) is 0 Å². The third-order valence-corrected chi connectivity index (χ3v) is 5.73. The van der Waals surface area contributed by atoms with Crippen LogP contribution in [0.1, 0.15) is 45.6 Å². The van der Waals surface area contributed by atoms with Crippen LogP contribution in [-0.2, 0) is 25.6 Å². The summed E-state index contributed by atoms with van der Waals surface area (Å²) in [7, 11) is 0. The predicted octanol–water partition coefficient (Wildman–Crippen LogP) is -1.72. The molecule has 1 aromatic carbocycles. The number of hydrogen-bond donors (Lipinski definition) is 9. The van der Waals surface area contributed by atoms with Crippen LogP contribution in [0.3, 0.4) is 0 Å². The normalized spacial score (nSPS) is 14.8. The zero-order chi connectivity index (χ0) is 29.7. The molecular weight excluding hydrogens is 510 g/mol. The molecule has 0 heterocycles. The van der Waals surface area contributed by atoms with Gasteiger partial charge in [-0.1, -0.05) is 26.0 Å². The molecule has 0 fully saturated rings. The van der Waals surface area contributed by atoms with Gasteiger partial charge in [-0.3, -0.25) is 19.4 Å². The lowest BCUT2D eigenvalue weighted by molar-refractivity contribution is -0.143. The van der Waals surface area contributed by atoms with Crippen LogP contribution in [0.25, 0.3) is 0 Å². The first-order chi connectivity index (χ1) is 18.2. The molecule has 14 heteroatoms. The van der Waals surface area contributed by atoms with E-state index in [0.29, 0.717) is 5.56 Å². The average Bonchev–Trinajstić information content (AvgIpc) is 2.84. The maximum atomic E-state index is 13.4. The number of phenolic OH excluding ortho intramolecular Hbond substituents is 1. The Labute approximate surface area is 227 Å². The van der Waals surface area contributed by atoms with E-state index in [9.17, 15) is 34.5 Å². The quantitative estimate of drug-likeness (QED) is 0.0638. The fourth-order valence-corrected chi connectivity index (χ4v) is 3.57. The zero-order valence-corrected chi connectivity index (χ0v) is 22.5. The van der Waals surface area contributed by atoms with E-state index in [-0.39, 0.29) is 49.9 Å². The maximum Gasteiger partial charge on any atom is 0.326 e. The first-order valence-corrected chi connectivity index (χ1v) is 12.6. The van der Waals surface area contributed by atoms with Crippen molar-refractivity contribution in [3.05, 3.63) is 29.8 Å². The van der Waals surface area contributed by atoms with Crippen LogP contribution in [0.5, 0.6) is 5.75 Å². The fraction of sp³-hybridized carbons (Fsp3) is 0.560. The van der Waals surface area contributed by atoms with E-state index >= 15 is 0 Å². The van der Waals surface area contributed by atoms with E-state index in [1.54, 1.807) is 12.1 Å². The Kier molecular flexibility index (Phi) is 13.7. The number of aromatic hydroxyl groups is 1. The van der Waals surface area contributed by atoms with Crippen molar-refractivity contribution in [2.75, 3.05) is 6.54 Å². The minimum Gasteiger partial charge on any atom is -0.508 e. The molecule has 0 bridgehead atoms.